The minimum Gasteiger partial charge on any atom is -0.394 e. The predicted octanol–water partition coefficient (Wildman–Crippen LogP) is -6.99. The van der Waals surface area contributed by atoms with Gasteiger partial charge in [-0.05, 0) is 0 Å². The first kappa shape index (κ1) is 27.0. The molecule has 3 fully saturated rings. The summed E-state index contributed by atoms with van der Waals surface area (Å²) in [7, 11) is 0. The molecule has 0 aromatic rings. The van der Waals surface area contributed by atoms with Gasteiger partial charge in [0.25, 0.3) is 0 Å². The van der Waals surface area contributed by atoms with Crippen molar-refractivity contribution in [3.05, 3.63) is 0 Å². The van der Waals surface area contributed by atoms with E-state index in [0.717, 1.165) is 0 Å². The third-order valence-electron chi connectivity index (χ3n) is 6.24. The lowest BCUT2D eigenvalue weighted by atomic mass is 9.95. The second-order valence-electron chi connectivity index (χ2n) is 8.49. The van der Waals surface area contributed by atoms with Gasteiger partial charge in [0, 0.05) is 0 Å². The largest absolute Gasteiger partial charge is 0.394 e. The molecule has 0 bridgehead atoms. The van der Waals surface area contributed by atoms with Gasteiger partial charge in [-0.15, -0.1) is 0 Å². The van der Waals surface area contributed by atoms with Gasteiger partial charge in [-0.3, -0.25) is 0 Å². The van der Waals surface area contributed by atoms with Gasteiger partial charge in [0.15, 0.2) is 12.6 Å². The van der Waals surface area contributed by atoms with Crippen molar-refractivity contribution in [1.82, 2.24) is 0 Å². The summed E-state index contributed by atoms with van der Waals surface area (Å²) >= 11 is 0. The molecular weight excluding hydrogens is 450 g/mol. The van der Waals surface area contributed by atoms with E-state index < -0.39 is 105 Å². The van der Waals surface area contributed by atoms with Crippen LogP contribution in [0, 0.1) is 0 Å². The second-order valence-corrected chi connectivity index (χ2v) is 8.49. The second kappa shape index (κ2) is 11.4. The van der Waals surface area contributed by atoms with E-state index in [4.69, 9.17) is 40.9 Å². The smallest absolute Gasteiger partial charge is 0.176 e. The Balaban J connectivity index is 1.71. The highest BCUT2D eigenvalue weighted by Gasteiger charge is 2.51. The topological polar surface area (TPSA) is 266 Å². The highest BCUT2D eigenvalue weighted by Crippen LogP contribution is 2.30. The molecule has 194 valence electrons. The standard InChI is InChI=1S/C18H35N3O12/c19-5-4-29-7(2-23)15(11(5)25)32-18-10(21)14(28)16(8(3-24)31-18)33-17-9(20)13(27)12(26)6(1-22)30-17/h5-18,22-28H,1-4,19-21H2/t5?,6?,7?,8?,9?,10?,11-,12+,13-,14-,15-,16-,17-,18-/m0/s1. The summed E-state index contributed by atoms with van der Waals surface area (Å²) in [6, 6.07) is -3.30. The normalized spacial score (nSPS) is 51.5. The highest BCUT2D eigenvalue weighted by atomic mass is 16.7. The van der Waals surface area contributed by atoms with Crippen LogP contribution in [0.25, 0.3) is 0 Å². The molecular formula is C18H35N3O12. The van der Waals surface area contributed by atoms with Crippen molar-refractivity contribution in [3.63, 3.8) is 0 Å². The summed E-state index contributed by atoms with van der Waals surface area (Å²) in [4.78, 5) is 0. The minimum absolute atomic E-state index is 0.00133. The first-order valence-electron chi connectivity index (χ1n) is 10.7. The van der Waals surface area contributed by atoms with E-state index in [1.165, 1.54) is 0 Å². The molecule has 0 aromatic heterocycles. The number of hydrogen-bond donors (Lipinski definition) is 10. The van der Waals surface area contributed by atoms with Crippen LogP contribution in [0.5, 0.6) is 0 Å². The molecule has 33 heavy (non-hydrogen) atoms. The van der Waals surface area contributed by atoms with E-state index in [1.54, 1.807) is 0 Å². The van der Waals surface area contributed by atoms with Crippen LogP contribution >= 0.6 is 0 Å². The van der Waals surface area contributed by atoms with Crippen LogP contribution in [0.3, 0.4) is 0 Å². The van der Waals surface area contributed by atoms with Crippen molar-refractivity contribution >= 4 is 0 Å². The number of ether oxygens (including phenoxy) is 5. The first-order valence-corrected chi connectivity index (χ1v) is 10.7. The monoisotopic (exact) mass is 485 g/mol. The van der Waals surface area contributed by atoms with Gasteiger partial charge in [0.05, 0.1) is 44.6 Å². The molecule has 6 unspecified atom stereocenters. The van der Waals surface area contributed by atoms with Crippen molar-refractivity contribution in [3.8, 4) is 0 Å². The van der Waals surface area contributed by atoms with Crippen LogP contribution in [0.1, 0.15) is 0 Å². The molecule has 15 nitrogen and oxygen atoms in total. The summed E-state index contributed by atoms with van der Waals surface area (Å²) < 4.78 is 27.8. The Kier molecular flexibility index (Phi) is 9.35. The third-order valence-corrected chi connectivity index (χ3v) is 6.24. The zero-order valence-electron chi connectivity index (χ0n) is 17.8. The Morgan fingerprint density at radius 2 is 1.12 bits per heavy atom. The lowest BCUT2D eigenvalue weighted by Crippen LogP contribution is -2.68. The number of aliphatic hydroxyl groups is 7. The molecule has 0 amide bonds. The number of aliphatic hydroxyl groups excluding tert-OH is 7. The van der Waals surface area contributed by atoms with Crippen molar-refractivity contribution in [2.45, 2.75) is 85.6 Å². The van der Waals surface area contributed by atoms with E-state index in [2.05, 4.69) is 0 Å². The quantitative estimate of drug-likeness (QED) is 0.160. The zero-order valence-corrected chi connectivity index (χ0v) is 17.8. The van der Waals surface area contributed by atoms with Crippen LogP contribution < -0.4 is 17.2 Å². The lowest BCUT2D eigenvalue weighted by Gasteiger charge is -2.48. The molecule has 3 aliphatic heterocycles. The van der Waals surface area contributed by atoms with Gasteiger partial charge in [0.2, 0.25) is 0 Å². The molecule has 0 aromatic carbocycles. The SMILES string of the molecule is NC1[C@H](O[C@H]2C(CO)O[C@@H](O[C@H]3C(CO)OCC(N)[C@@H]3O)C(N)[C@@H]2O)OC(CO)[C@@H](O)[C@H]1O. The van der Waals surface area contributed by atoms with E-state index in [9.17, 15) is 35.7 Å². The maximum atomic E-state index is 10.8. The Morgan fingerprint density at radius 1 is 0.636 bits per heavy atom. The molecule has 0 spiro atoms. The van der Waals surface area contributed by atoms with Gasteiger partial charge in [-0.2, -0.15) is 0 Å². The Labute approximate surface area is 189 Å². The highest BCUT2D eigenvalue weighted by molar-refractivity contribution is 4.98. The Hall–Kier alpha value is -0.600. The van der Waals surface area contributed by atoms with Crippen molar-refractivity contribution in [2.75, 3.05) is 26.4 Å². The van der Waals surface area contributed by atoms with Crippen molar-refractivity contribution in [2.24, 2.45) is 17.2 Å². The van der Waals surface area contributed by atoms with Gasteiger partial charge in [-0.25, -0.2) is 0 Å². The average molecular weight is 485 g/mol. The van der Waals surface area contributed by atoms with Gasteiger partial charge in [0.1, 0.15) is 54.9 Å². The summed E-state index contributed by atoms with van der Waals surface area (Å²) in [6.07, 6.45) is -14.2. The Bertz CT molecular complexity index is 616. The molecule has 13 N–H and O–H groups in total. The fourth-order valence-corrected chi connectivity index (χ4v) is 4.13. The molecule has 3 saturated heterocycles. The van der Waals surface area contributed by atoms with Gasteiger partial charge >= 0.3 is 0 Å². The van der Waals surface area contributed by atoms with E-state index in [1.807, 2.05) is 0 Å². The van der Waals surface area contributed by atoms with E-state index in [-0.39, 0.29) is 6.61 Å². The molecule has 3 aliphatic rings. The Morgan fingerprint density at radius 3 is 1.67 bits per heavy atom. The molecule has 0 saturated carbocycles. The summed E-state index contributed by atoms with van der Waals surface area (Å²) in [5.41, 5.74) is 17.7. The van der Waals surface area contributed by atoms with Crippen molar-refractivity contribution < 1.29 is 59.4 Å². The number of rotatable bonds is 7. The van der Waals surface area contributed by atoms with Crippen LogP contribution in [0.15, 0.2) is 0 Å². The first-order chi connectivity index (χ1) is 15.6. The molecule has 3 rings (SSSR count). The van der Waals surface area contributed by atoms with Crippen LogP contribution in [0.2, 0.25) is 0 Å². The van der Waals surface area contributed by atoms with Crippen molar-refractivity contribution in [1.29, 1.82) is 0 Å². The van der Waals surface area contributed by atoms with Gasteiger partial charge < -0.3 is 76.6 Å². The predicted molar refractivity (Wildman–Crippen MR) is 106 cm³/mol. The van der Waals surface area contributed by atoms with Crippen LogP contribution in [-0.4, -0.2) is 148 Å². The fourth-order valence-electron chi connectivity index (χ4n) is 4.13. The fraction of sp³-hybridized carbons (Fsp3) is 1.00. The molecule has 3 heterocycles. The third kappa shape index (κ3) is 5.48. The maximum Gasteiger partial charge on any atom is 0.176 e. The average Bonchev–Trinajstić information content (AvgIpc) is 2.81. The molecule has 0 aliphatic carbocycles. The molecule has 15 heteroatoms. The summed E-state index contributed by atoms with van der Waals surface area (Å²) in [5, 5.41) is 69.9. The summed E-state index contributed by atoms with van der Waals surface area (Å²) in [6.45, 7) is -1.77. The maximum absolute atomic E-state index is 10.8. The minimum atomic E-state index is -1.50. The molecule has 0 radical (unpaired) electrons. The van der Waals surface area contributed by atoms with Crippen LogP contribution in [-0.2, 0) is 23.7 Å². The zero-order chi connectivity index (χ0) is 24.4. The summed E-state index contributed by atoms with van der Waals surface area (Å²) in [5.74, 6) is 0. The van der Waals surface area contributed by atoms with E-state index in [0.29, 0.717) is 0 Å². The molecule has 14 atom stereocenters. The number of nitrogens with two attached hydrogens (primary N) is 3. The lowest BCUT2D eigenvalue weighted by molar-refractivity contribution is -0.341. The number of hydrogen-bond acceptors (Lipinski definition) is 15. The van der Waals surface area contributed by atoms with E-state index >= 15 is 0 Å². The van der Waals surface area contributed by atoms with Gasteiger partial charge in [-0.1, -0.05) is 0 Å². The van der Waals surface area contributed by atoms with Crippen LogP contribution in [0.4, 0.5) is 0 Å².